The summed E-state index contributed by atoms with van der Waals surface area (Å²) in [4.78, 5) is 4.29. The zero-order valence-corrected chi connectivity index (χ0v) is 12.2. The van der Waals surface area contributed by atoms with E-state index >= 15 is 0 Å². The van der Waals surface area contributed by atoms with E-state index in [0.29, 0.717) is 10.2 Å². The molecule has 1 aromatic carbocycles. The van der Waals surface area contributed by atoms with Crippen molar-refractivity contribution in [2.24, 2.45) is 0 Å². The van der Waals surface area contributed by atoms with Crippen molar-refractivity contribution in [2.45, 2.75) is 26.7 Å². The zero-order valence-electron chi connectivity index (χ0n) is 10.7. The number of aromatic nitrogens is 3. The normalized spacial score (nSPS) is 10.5. The van der Waals surface area contributed by atoms with Gasteiger partial charge in [0.05, 0.1) is 15.9 Å². The molecule has 0 aliphatic carbocycles. The van der Waals surface area contributed by atoms with Gasteiger partial charge in [-0.05, 0) is 40.9 Å². The summed E-state index contributed by atoms with van der Waals surface area (Å²) in [5.74, 6) is -0.0554. The highest BCUT2D eigenvalue weighted by atomic mass is 79.9. The highest BCUT2D eigenvalue weighted by molar-refractivity contribution is 9.10. The summed E-state index contributed by atoms with van der Waals surface area (Å²) in [5.41, 5.74) is 1.70. The summed E-state index contributed by atoms with van der Waals surface area (Å²) < 4.78 is 19.3. The van der Waals surface area contributed by atoms with Gasteiger partial charge in [0.25, 0.3) is 0 Å². The predicted molar refractivity (Wildman–Crippen MR) is 72.8 cm³/mol. The average Bonchev–Trinajstić information content (AvgIpc) is 2.42. The Hall–Kier alpha value is -1.56. The molecule has 0 spiro atoms. The van der Waals surface area contributed by atoms with E-state index in [1.54, 1.807) is 6.07 Å². The van der Waals surface area contributed by atoms with Crippen molar-refractivity contribution in [1.29, 1.82) is 0 Å². The zero-order chi connectivity index (χ0) is 13.8. The minimum absolute atomic E-state index is 0.125. The van der Waals surface area contributed by atoms with Gasteiger partial charge in [0.2, 0.25) is 0 Å². The molecule has 1 aromatic heterocycles. The molecule has 0 bridgehead atoms. The third-order valence-electron chi connectivity index (χ3n) is 2.58. The second-order valence-corrected chi connectivity index (χ2v) is 4.73. The van der Waals surface area contributed by atoms with Crippen LogP contribution in [0.1, 0.15) is 25.2 Å². The van der Waals surface area contributed by atoms with Crippen molar-refractivity contribution in [3.05, 3.63) is 39.9 Å². The Morgan fingerprint density at radius 1 is 1.16 bits per heavy atom. The lowest BCUT2D eigenvalue weighted by Gasteiger charge is -2.08. The SMILES string of the molecule is CCc1nnc(Oc2cc(F)ccc2Br)nc1CC. The molecule has 0 atom stereocenters. The number of aryl methyl sites for hydroxylation is 2. The van der Waals surface area contributed by atoms with Crippen LogP contribution in [0.3, 0.4) is 0 Å². The van der Waals surface area contributed by atoms with E-state index in [-0.39, 0.29) is 11.8 Å². The van der Waals surface area contributed by atoms with E-state index in [2.05, 4.69) is 31.1 Å². The van der Waals surface area contributed by atoms with E-state index in [4.69, 9.17) is 4.74 Å². The van der Waals surface area contributed by atoms with Gasteiger partial charge in [0.15, 0.2) is 0 Å². The Bertz CT molecular complexity index is 592. The molecule has 0 radical (unpaired) electrons. The van der Waals surface area contributed by atoms with Gasteiger partial charge in [0.1, 0.15) is 11.6 Å². The summed E-state index contributed by atoms with van der Waals surface area (Å²) in [6.45, 7) is 3.99. The molecule has 0 N–H and O–H groups in total. The summed E-state index contributed by atoms with van der Waals surface area (Å²) >= 11 is 3.28. The lowest BCUT2D eigenvalue weighted by atomic mass is 10.2. The fraction of sp³-hybridized carbons (Fsp3) is 0.308. The topological polar surface area (TPSA) is 47.9 Å². The van der Waals surface area contributed by atoms with Gasteiger partial charge in [-0.25, -0.2) is 4.39 Å². The van der Waals surface area contributed by atoms with Crippen LogP contribution < -0.4 is 4.74 Å². The summed E-state index contributed by atoms with van der Waals surface area (Å²) in [6, 6.07) is 4.31. The third-order valence-corrected chi connectivity index (χ3v) is 3.24. The van der Waals surface area contributed by atoms with E-state index in [9.17, 15) is 4.39 Å². The molecule has 0 amide bonds. The molecule has 2 rings (SSSR count). The quantitative estimate of drug-likeness (QED) is 0.860. The number of rotatable bonds is 4. The number of hydrogen-bond acceptors (Lipinski definition) is 4. The van der Waals surface area contributed by atoms with Crippen molar-refractivity contribution in [3.8, 4) is 11.8 Å². The molecule has 0 fully saturated rings. The van der Waals surface area contributed by atoms with Crippen LogP contribution in [0.15, 0.2) is 22.7 Å². The van der Waals surface area contributed by atoms with Crippen LogP contribution in [0.4, 0.5) is 4.39 Å². The smallest absolute Gasteiger partial charge is 0.341 e. The Morgan fingerprint density at radius 3 is 2.58 bits per heavy atom. The van der Waals surface area contributed by atoms with Crippen molar-refractivity contribution in [3.63, 3.8) is 0 Å². The van der Waals surface area contributed by atoms with Crippen molar-refractivity contribution >= 4 is 15.9 Å². The van der Waals surface area contributed by atoms with E-state index in [1.165, 1.54) is 12.1 Å². The summed E-state index contributed by atoms with van der Waals surface area (Å²) in [7, 11) is 0. The van der Waals surface area contributed by atoms with Crippen molar-refractivity contribution in [2.75, 3.05) is 0 Å². The Balaban J connectivity index is 2.30. The van der Waals surface area contributed by atoms with Gasteiger partial charge in [0, 0.05) is 6.07 Å². The molecule has 1 heterocycles. The Kier molecular flexibility index (Phi) is 4.42. The summed E-state index contributed by atoms with van der Waals surface area (Å²) in [5, 5.41) is 7.97. The first-order valence-electron chi connectivity index (χ1n) is 5.99. The molecule has 0 aliphatic heterocycles. The van der Waals surface area contributed by atoms with Gasteiger partial charge in [-0.1, -0.05) is 18.9 Å². The number of benzene rings is 1. The molecule has 0 aliphatic rings. The molecular formula is C13H13BrFN3O. The van der Waals surface area contributed by atoms with Crippen LogP contribution in [0, 0.1) is 5.82 Å². The van der Waals surface area contributed by atoms with Crippen LogP contribution in [-0.4, -0.2) is 15.2 Å². The number of hydrogen-bond donors (Lipinski definition) is 0. The molecule has 2 aromatic rings. The number of halogens is 2. The first kappa shape index (κ1) is 13.9. The molecular weight excluding hydrogens is 313 g/mol. The molecule has 4 nitrogen and oxygen atoms in total. The van der Waals surface area contributed by atoms with Gasteiger partial charge in [-0.2, -0.15) is 4.98 Å². The maximum atomic E-state index is 13.2. The molecule has 0 unspecified atom stereocenters. The molecule has 0 saturated heterocycles. The Morgan fingerprint density at radius 2 is 1.89 bits per heavy atom. The second kappa shape index (κ2) is 6.06. The minimum Gasteiger partial charge on any atom is -0.422 e. The molecule has 100 valence electrons. The highest BCUT2D eigenvalue weighted by Crippen LogP contribution is 2.28. The monoisotopic (exact) mass is 325 g/mol. The molecule has 19 heavy (non-hydrogen) atoms. The molecule has 0 saturated carbocycles. The first-order chi connectivity index (χ1) is 9.13. The van der Waals surface area contributed by atoms with Crippen LogP contribution in [0.2, 0.25) is 0 Å². The maximum Gasteiger partial charge on any atom is 0.341 e. The second-order valence-electron chi connectivity index (χ2n) is 3.87. The third kappa shape index (κ3) is 3.26. The number of nitrogens with zero attached hydrogens (tertiary/aromatic N) is 3. The maximum absolute atomic E-state index is 13.2. The number of ether oxygens (including phenoxy) is 1. The van der Waals surface area contributed by atoms with Crippen molar-refractivity contribution in [1.82, 2.24) is 15.2 Å². The van der Waals surface area contributed by atoms with Crippen molar-refractivity contribution < 1.29 is 9.13 Å². The van der Waals surface area contributed by atoms with E-state index < -0.39 is 0 Å². The fourth-order valence-electron chi connectivity index (χ4n) is 1.62. The van der Waals surface area contributed by atoms with Gasteiger partial charge < -0.3 is 4.74 Å². The van der Waals surface area contributed by atoms with Crippen LogP contribution >= 0.6 is 15.9 Å². The first-order valence-corrected chi connectivity index (χ1v) is 6.78. The summed E-state index contributed by atoms with van der Waals surface area (Å²) in [6.07, 6.45) is 1.52. The predicted octanol–water partition coefficient (Wildman–Crippen LogP) is 3.69. The molecule has 6 heteroatoms. The van der Waals surface area contributed by atoms with Crippen LogP contribution in [0.25, 0.3) is 0 Å². The van der Waals surface area contributed by atoms with E-state index in [0.717, 1.165) is 24.2 Å². The van der Waals surface area contributed by atoms with Gasteiger partial charge >= 0.3 is 6.01 Å². The Labute approximate surface area is 119 Å². The van der Waals surface area contributed by atoms with Gasteiger partial charge in [-0.15, -0.1) is 5.10 Å². The highest BCUT2D eigenvalue weighted by Gasteiger charge is 2.10. The fourth-order valence-corrected chi connectivity index (χ4v) is 1.95. The van der Waals surface area contributed by atoms with Crippen LogP contribution in [-0.2, 0) is 12.8 Å². The van der Waals surface area contributed by atoms with Gasteiger partial charge in [-0.3, -0.25) is 0 Å². The largest absolute Gasteiger partial charge is 0.422 e. The lowest BCUT2D eigenvalue weighted by Crippen LogP contribution is -2.04. The standard InChI is InChI=1S/C13H13BrFN3O/c1-3-10-11(4-2)17-18-13(16-10)19-12-7-8(15)5-6-9(12)14/h5-7H,3-4H2,1-2H3. The van der Waals surface area contributed by atoms with E-state index in [1.807, 2.05) is 13.8 Å². The minimum atomic E-state index is -0.382. The van der Waals surface area contributed by atoms with Crippen LogP contribution in [0.5, 0.6) is 11.8 Å². The average molecular weight is 326 g/mol. The lowest BCUT2D eigenvalue weighted by molar-refractivity contribution is 0.422.